The molecule has 0 unspecified atom stereocenters. The van der Waals surface area contributed by atoms with E-state index >= 15 is 0 Å². The van der Waals surface area contributed by atoms with E-state index in [0.717, 1.165) is 30.9 Å². The van der Waals surface area contributed by atoms with Gasteiger partial charge in [0.2, 0.25) is 5.91 Å². The Morgan fingerprint density at radius 2 is 2.00 bits per heavy atom. The second kappa shape index (κ2) is 5.52. The van der Waals surface area contributed by atoms with Gasteiger partial charge in [-0.25, -0.2) is 0 Å². The Morgan fingerprint density at radius 1 is 1.33 bits per heavy atom. The molecule has 1 saturated heterocycles. The topological polar surface area (TPSA) is 47.4 Å². The van der Waals surface area contributed by atoms with Crippen molar-refractivity contribution in [2.45, 2.75) is 26.7 Å². The van der Waals surface area contributed by atoms with Gasteiger partial charge in [0, 0.05) is 32.3 Å². The first-order chi connectivity index (χ1) is 8.59. The van der Waals surface area contributed by atoms with Gasteiger partial charge in [-0.05, 0) is 25.8 Å². The zero-order chi connectivity index (χ0) is 13.1. The summed E-state index contributed by atoms with van der Waals surface area (Å²) in [6.07, 6.45) is 1.34. The minimum Gasteiger partial charge on any atom is -0.378 e. The highest BCUT2D eigenvalue weighted by Gasteiger charge is 2.18. The molecular weight excluding hydrogens is 230 g/mol. The summed E-state index contributed by atoms with van der Waals surface area (Å²) in [6, 6.07) is 0. The molecule has 0 atom stereocenters. The highest BCUT2D eigenvalue weighted by Crippen LogP contribution is 2.15. The van der Waals surface area contributed by atoms with Crippen LogP contribution in [0.3, 0.4) is 0 Å². The molecule has 2 heterocycles. The van der Waals surface area contributed by atoms with Crippen molar-refractivity contribution in [2.24, 2.45) is 7.05 Å². The van der Waals surface area contributed by atoms with E-state index in [1.54, 1.807) is 0 Å². The van der Waals surface area contributed by atoms with Crippen LogP contribution in [0.4, 0.5) is 0 Å². The smallest absolute Gasteiger partial charge is 0.223 e. The molecule has 1 amide bonds. The molecule has 0 aliphatic carbocycles. The fourth-order valence-electron chi connectivity index (χ4n) is 2.38. The van der Waals surface area contributed by atoms with E-state index in [1.807, 2.05) is 23.6 Å². The molecule has 0 aromatic carbocycles. The third-order valence-corrected chi connectivity index (χ3v) is 3.61. The third-order valence-electron chi connectivity index (χ3n) is 3.61. The number of hydrogen-bond acceptors (Lipinski definition) is 3. The van der Waals surface area contributed by atoms with Gasteiger partial charge < -0.3 is 9.64 Å². The Kier molecular flexibility index (Phi) is 4.01. The molecule has 1 aliphatic heterocycles. The number of amides is 1. The second-order valence-electron chi connectivity index (χ2n) is 4.77. The summed E-state index contributed by atoms with van der Waals surface area (Å²) in [7, 11) is 1.94. The molecule has 2 rings (SSSR count). The molecule has 0 saturated carbocycles. The highest BCUT2D eigenvalue weighted by atomic mass is 16.5. The number of rotatable bonds is 3. The molecule has 0 radical (unpaired) electrons. The number of ether oxygens (including phenoxy) is 1. The third kappa shape index (κ3) is 2.72. The molecule has 0 spiro atoms. The highest BCUT2D eigenvalue weighted by molar-refractivity contribution is 5.76. The first-order valence-electron chi connectivity index (χ1n) is 6.44. The van der Waals surface area contributed by atoms with Crippen LogP contribution in [0.15, 0.2) is 0 Å². The summed E-state index contributed by atoms with van der Waals surface area (Å²) in [6.45, 7) is 6.83. The Labute approximate surface area is 108 Å². The molecule has 100 valence electrons. The average Bonchev–Trinajstić information content (AvgIpc) is 2.62. The summed E-state index contributed by atoms with van der Waals surface area (Å²) >= 11 is 0. The van der Waals surface area contributed by atoms with Crippen molar-refractivity contribution in [2.75, 3.05) is 26.3 Å². The van der Waals surface area contributed by atoms with Crippen molar-refractivity contribution in [3.8, 4) is 0 Å². The lowest BCUT2D eigenvalue weighted by atomic mass is 10.1. The Hall–Kier alpha value is -1.36. The largest absolute Gasteiger partial charge is 0.378 e. The van der Waals surface area contributed by atoms with Crippen molar-refractivity contribution >= 4 is 5.91 Å². The minimum absolute atomic E-state index is 0.223. The number of carbonyl (C=O) groups excluding carboxylic acids is 1. The summed E-state index contributed by atoms with van der Waals surface area (Å²) in [5, 5.41) is 4.37. The van der Waals surface area contributed by atoms with Crippen LogP contribution in [0.25, 0.3) is 0 Å². The van der Waals surface area contributed by atoms with Crippen molar-refractivity contribution in [3.05, 3.63) is 17.0 Å². The summed E-state index contributed by atoms with van der Waals surface area (Å²) < 4.78 is 7.13. The molecule has 1 aromatic heterocycles. The zero-order valence-corrected chi connectivity index (χ0v) is 11.4. The van der Waals surface area contributed by atoms with Crippen LogP contribution in [0.2, 0.25) is 0 Å². The minimum atomic E-state index is 0.223. The monoisotopic (exact) mass is 251 g/mol. The van der Waals surface area contributed by atoms with Crippen LogP contribution in [-0.2, 0) is 23.0 Å². The molecule has 18 heavy (non-hydrogen) atoms. The van der Waals surface area contributed by atoms with Crippen molar-refractivity contribution in [3.63, 3.8) is 0 Å². The van der Waals surface area contributed by atoms with E-state index in [1.165, 1.54) is 5.56 Å². The van der Waals surface area contributed by atoms with Crippen molar-refractivity contribution < 1.29 is 9.53 Å². The lowest BCUT2D eigenvalue weighted by Crippen LogP contribution is -2.40. The molecule has 1 aromatic rings. The maximum absolute atomic E-state index is 12.0. The Morgan fingerprint density at radius 3 is 2.56 bits per heavy atom. The lowest BCUT2D eigenvalue weighted by Gasteiger charge is -2.26. The number of aromatic nitrogens is 2. The summed E-state index contributed by atoms with van der Waals surface area (Å²) in [4.78, 5) is 13.9. The van der Waals surface area contributed by atoms with Crippen LogP contribution >= 0.6 is 0 Å². The van der Waals surface area contributed by atoms with Crippen LogP contribution in [0, 0.1) is 13.8 Å². The number of carbonyl (C=O) groups is 1. The van der Waals surface area contributed by atoms with Gasteiger partial charge in [-0.1, -0.05) is 0 Å². The Bertz CT molecular complexity index is 434. The number of aryl methyl sites for hydroxylation is 2. The van der Waals surface area contributed by atoms with Gasteiger partial charge in [-0.2, -0.15) is 5.10 Å². The number of hydrogen-bond donors (Lipinski definition) is 0. The van der Waals surface area contributed by atoms with E-state index in [4.69, 9.17) is 4.74 Å². The van der Waals surface area contributed by atoms with E-state index in [0.29, 0.717) is 19.6 Å². The maximum Gasteiger partial charge on any atom is 0.223 e. The first-order valence-corrected chi connectivity index (χ1v) is 6.44. The SMILES string of the molecule is Cc1nn(C)c(C)c1CCC(=O)N1CCOCC1. The molecule has 0 N–H and O–H groups in total. The van der Waals surface area contributed by atoms with Gasteiger partial charge in [-0.15, -0.1) is 0 Å². The van der Waals surface area contributed by atoms with Crippen molar-refractivity contribution in [1.82, 2.24) is 14.7 Å². The van der Waals surface area contributed by atoms with E-state index < -0.39 is 0 Å². The quantitative estimate of drug-likeness (QED) is 0.799. The van der Waals surface area contributed by atoms with Gasteiger partial charge in [0.1, 0.15) is 0 Å². The van der Waals surface area contributed by atoms with Crippen LogP contribution < -0.4 is 0 Å². The molecule has 1 aliphatic rings. The fraction of sp³-hybridized carbons (Fsp3) is 0.692. The van der Waals surface area contributed by atoms with Crippen LogP contribution in [-0.4, -0.2) is 46.9 Å². The first kappa shape index (κ1) is 13.1. The van der Waals surface area contributed by atoms with Gasteiger partial charge in [0.05, 0.1) is 18.9 Å². The van der Waals surface area contributed by atoms with Gasteiger partial charge in [0.15, 0.2) is 0 Å². The summed E-state index contributed by atoms with van der Waals surface area (Å²) in [5.41, 5.74) is 3.39. The Balaban J connectivity index is 1.92. The number of morpholine rings is 1. The zero-order valence-electron chi connectivity index (χ0n) is 11.4. The van der Waals surface area contributed by atoms with E-state index in [-0.39, 0.29) is 5.91 Å². The predicted molar refractivity (Wildman–Crippen MR) is 68.4 cm³/mol. The molecular formula is C13H21N3O2. The average molecular weight is 251 g/mol. The summed E-state index contributed by atoms with van der Waals surface area (Å²) in [5.74, 6) is 0.223. The van der Waals surface area contributed by atoms with Gasteiger partial charge in [0.25, 0.3) is 0 Å². The lowest BCUT2D eigenvalue weighted by molar-refractivity contribution is -0.135. The van der Waals surface area contributed by atoms with Crippen LogP contribution in [0.5, 0.6) is 0 Å². The molecule has 5 nitrogen and oxygen atoms in total. The standard InChI is InChI=1S/C13H21N3O2/c1-10-12(11(2)15(3)14-10)4-5-13(17)16-6-8-18-9-7-16/h4-9H2,1-3H3. The van der Waals surface area contributed by atoms with E-state index in [2.05, 4.69) is 12.0 Å². The maximum atomic E-state index is 12.0. The van der Waals surface area contributed by atoms with Crippen LogP contribution in [0.1, 0.15) is 23.4 Å². The van der Waals surface area contributed by atoms with E-state index in [9.17, 15) is 4.79 Å². The van der Waals surface area contributed by atoms with Gasteiger partial charge >= 0.3 is 0 Å². The van der Waals surface area contributed by atoms with Gasteiger partial charge in [-0.3, -0.25) is 9.48 Å². The van der Waals surface area contributed by atoms with Crippen molar-refractivity contribution in [1.29, 1.82) is 0 Å². The molecule has 0 bridgehead atoms. The number of nitrogens with zero attached hydrogens (tertiary/aromatic N) is 3. The predicted octanol–water partition coefficient (Wildman–Crippen LogP) is 0.828. The second-order valence-corrected chi connectivity index (χ2v) is 4.77. The fourth-order valence-corrected chi connectivity index (χ4v) is 2.38. The molecule has 5 heteroatoms. The molecule has 1 fully saturated rings. The normalized spacial score (nSPS) is 16.1.